The number of nitrogens with zero attached hydrogens (tertiary/aromatic N) is 2. The molecule has 3 rings (SSSR count). The summed E-state index contributed by atoms with van der Waals surface area (Å²) in [6.45, 7) is 8.70. The zero-order chi connectivity index (χ0) is 23.5. The summed E-state index contributed by atoms with van der Waals surface area (Å²) in [5.41, 5.74) is 1.62. The number of aryl methyl sites for hydroxylation is 2. The van der Waals surface area contributed by atoms with E-state index in [2.05, 4.69) is 5.32 Å². The average molecular weight is 464 g/mol. The Balaban J connectivity index is 1.64. The van der Waals surface area contributed by atoms with E-state index in [9.17, 15) is 18.0 Å². The van der Waals surface area contributed by atoms with Crippen LogP contribution in [0.5, 0.6) is 0 Å². The van der Waals surface area contributed by atoms with Gasteiger partial charge < -0.3 is 10.2 Å². The molecule has 2 amide bonds. The smallest absolute Gasteiger partial charge is 0.245 e. The maximum atomic E-state index is 13.2. The highest BCUT2D eigenvalue weighted by Crippen LogP contribution is 2.25. The fourth-order valence-corrected chi connectivity index (χ4v) is 6.35. The molecule has 0 aromatic heterocycles. The predicted octanol–water partition coefficient (Wildman–Crippen LogP) is 2.86. The second-order valence-corrected chi connectivity index (χ2v) is 11.5. The molecule has 32 heavy (non-hydrogen) atoms. The third-order valence-electron chi connectivity index (χ3n) is 6.72. The minimum Gasteiger partial charge on any atom is -0.344 e. The second kappa shape index (κ2) is 10.3. The number of carbonyl (C=O) groups excluding carboxylic acids is 2. The molecule has 0 radical (unpaired) electrons. The zero-order valence-electron chi connectivity index (χ0n) is 19.8. The first-order valence-corrected chi connectivity index (χ1v) is 13.2. The number of hydrogen-bond acceptors (Lipinski definition) is 4. The summed E-state index contributed by atoms with van der Waals surface area (Å²) in [4.78, 5) is 28.0. The SMILES string of the molecule is Cc1ccc(C)c(S(=O)(=O)N2CCN(C(=O)C(NC(=O)C3CCCCC3)C(C)C)CC2)c1. The Kier molecular flexibility index (Phi) is 7.98. The lowest BCUT2D eigenvalue weighted by Gasteiger charge is -2.37. The van der Waals surface area contributed by atoms with Crippen molar-refractivity contribution in [3.8, 4) is 0 Å². The maximum Gasteiger partial charge on any atom is 0.245 e. The lowest BCUT2D eigenvalue weighted by molar-refractivity contribution is -0.139. The molecule has 2 aliphatic rings. The summed E-state index contributed by atoms with van der Waals surface area (Å²) in [7, 11) is -3.61. The molecule has 1 saturated heterocycles. The fraction of sp³-hybridized carbons (Fsp3) is 0.667. The minimum atomic E-state index is -3.61. The number of nitrogens with one attached hydrogen (secondary N) is 1. The Bertz CT molecular complexity index is 931. The van der Waals surface area contributed by atoms with Gasteiger partial charge in [0.1, 0.15) is 6.04 Å². The number of hydrogen-bond donors (Lipinski definition) is 1. The van der Waals surface area contributed by atoms with Gasteiger partial charge in [-0.2, -0.15) is 4.31 Å². The van der Waals surface area contributed by atoms with Crippen molar-refractivity contribution in [2.45, 2.75) is 70.7 Å². The molecule has 1 aromatic carbocycles. The molecule has 0 bridgehead atoms. The van der Waals surface area contributed by atoms with Gasteiger partial charge in [-0.05, 0) is 49.8 Å². The summed E-state index contributed by atoms with van der Waals surface area (Å²) >= 11 is 0. The highest BCUT2D eigenvalue weighted by Gasteiger charge is 2.35. The van der Waals surface area contributed by atoms with E-state index in [4.69, 9.17) is 0 Å². The van der Waals surface area contributed by atoms with Crippen molar-refractivity contribution in [1.82, 2.24) is 14.5 Å². The zero-order valence-corrected chi connectivity index (χ0v) is 20.6. The first-order valence-electron chi connectivity index (χ1n) is 11.8. The number of carbonyl (C=O) groups is 2. The lowest BCUT2D eigenvalue weighted by atomic mass is 9.88. The lowest BCUT2D eigenvalue weighted by Crippen LogP contribution is -2.57. The number of rotatable bonds is 6. The van der Waals surface area contributed by atoms with E-state index in [1.165, 1.54) is 10.7 Å². The van der Waals surface area contributed by atoms with E-state index in [1.54, 1.807) is 17.9 Å². The Morgan fingerprint density at radius 3 is 2.22 bits per heavy atom. The van der Waals surface area contributed by atoms with E-state index >= 15 is 0 Å². The molecule has 1 aliphatic carbocycles. The second-order valence-electron chi connectivity index (χ2n) is 9.56. The van der Waals surface area contributed by atoms with Gasteiger partial charge in [0.2, 0.25) is 21.8 Å². The van der Waals surface area contributed by atoms with E-state index in [0.717, 1.165) is 36.8 Å². The molecule has 0 spiro atoms. The molecule has 1 N–H and O–H groups in total. The summed E-state index contributed by atoms with van der Waals surface area (Å²) < 4.78 is 27.8. The van der Waals surface area contributed by atoms with Crippen LogP contribution >= 0.6 is 0 Å². The van der Waals surface area contributed by atoms with Crippen LogP contribution in [0.15, 0.2) is 23.1 Å². The summed E-state index contributed by atoms with van der Waals surface area (Å²) in [5, 5.41) is 3.00. The van der Waals surface area contributed by atoms with Gasteiger partial charge in [0, 0.05) is 32.1 Å². The van der Waals surface area contributed by atoms with Gasteiger partial charge >= 0.3 is 0 Å². The summed E-state index contributed by atoms with van der Waals surface area (Å²) in [6.07, 6.45) is 5.08. The maximum absolute atomic E-state index is 13.2. The van der Waals surface area contributed by atoms with Gasteiger partial charge in [0.25, 0.3) is 0 Å². The normalized spacial score (nSPS) is 19.7. The van der Waals surface area contributed by atoms with Gasteiger partial charge in [-0.3, -0.25) is 9.59 Å². The van der Waals surface area contributed by atoms with Crippen LogP contribution in [-0.2, 0) is 19.6 Å². The monoisotopic (exact) mass is 463 g/mol. The first kappa shape index (κ1) is 24.7. The Morgan fingerprint density at radius 2 is 1.62 bits per heavy atom. The van der Waals surface area contributed by atoms with Crippen LogP contribution in [0.25, 0.3) is 0 Å². The van der Waals surface area contributed by atoms with E-state index in [1.807, 2.05) is 32.9 Å². The predicted molar refractivity (Wildman–Crippen MR) is 125 cm³/mol. The highest BCUT2D eigenvalue weighted by molar-refractivity contribution is 7.89. The molecule has 1 atom stereocenters. The van der Waals surface area contributed by atoms with Crippen molar-refractivity contribution in [3.05, 3.63) is 29.3 Å². The Hall–Kier alpha value is -1.93. The Labute approximate surface area is 192 Å². The van der Waals surface area contributed by atoms with Gasteiger partial charge in [-0.25, -0.2) is 8.42 Å². The molecular weight excluding hydrogens is 426 g/mol. The minimum absolute atomic E-state index is 0.00245. The molecule has 1 aliphatic heterocycles. The third kappa shape index (κ3) is 5.52. The number of benzene rings is 1. The van der Waals surface area contributed by atoms with Crippen LogP contribution in [0.3, 0.4) is 0 Å². The van der Waals surface area contributed by atoms with Crippen LogP contribution in [-0.4, -0.2) is 61.7 Å². The molecule has 1 unspecified atom stereocenters. The average Bonchev–Trinajstić information content (AvgIpc) is 2.78. The topological polar surface area (TPSA) is 86.8 Å². The Morgan fingerprint density at radius 1 is 1.00 bits per heavy atom. The molecule has 1 aromatic rings. The van der Waals surface area contributed by atoms with Crippen LogP contribution in [0, 0.1) is 25.7 Å². The molecule has 178 valence electrons. The van der Waals surface area contributed by atoms with E-state index < -0.39 is 16.1 Å². The summed E-state index contributed by atoms with van der Waals surface area (Å²) in [6, 6.07) is 4.85. The van der Waals surface area contributed by atoms with Crippen LogP contribution < -0.4 is 5.32 Å². The van der Waals surface area contributed by atoms with Crippen LogP contribution in [0.4, 0.5) is 0 Å². The molecule has 1 saturated carbocycles. The van der Waals surface area contributed by atoms with Crippen molar-refractivity contribution in [2.24, 2.45) is 11.8 Å². The van der Waals surface area contributed by atoms with Gasteiger partial charge in [-0.1, -0.05) is 45.2 Å². The van der Waals surface area contributed by atoms with Gasteiger partial charge in [-0.15, -0.1) is 0 Å². The highest BCUT2D eigenvalue weighted by atomic mass is 32.2. The molecule has 8 heteroatoms. The van der Waals surface area contributed by atoms with Crippen molar-refractivity contribution >= 4 is 21.8 Å². The number of piperazine rings is 1. The summed E-state index contributed by atoms with van der Waals surface area (Å²) in [5.74, 6) is -0.176. The molecule has 1 heterocycles. The van der Waals surface area contributed by atoms with Crippen LogP contribution in [0.1, 0.15) is 57.1 Å². The number of sulfonamides is 1. The van der Waals surface area contributed by atoms with Crippen molar-refractivity contribution < 1.29 is 18.0 Å². The largest absolute Gasteiger partial charge is 0.344 e. The van der Waals surface area contributed by atoms with Gasteiger partial charge in [0.15, 0.2) is 0 Å². The van der Waals surface area contributed by atoms with Crippen molar-refractivity contribution in [1.29, 1.82) is 0 Å². The quantitative estimate of drug-likeness (QED) is 0.703. The van der Waals surface area contributed by atoms with Gasteiger partial charge in [0.05, 0.1) is 4.90 Å². The van der Waals surface area contributed by atoms with E-state index in [-0.39, 0.29) is 36.7 Å². The van der Waals surface area contributed by atoms with Crippen molar-refractivity contribution in [3.63, 3.8) is 0 Å². The molecule has 2 fully saturated rings. The van der Waals surface area contributed by atoms with Crippen molar-refractivity contribution in [2.75, 3.05) is 26.2 Å². The fourth-order valence-electron chi connectivity index (χ4n) is 4.62. The molecule has 7 nitrogen and oxygen atoms in total. The number of amides is 2. The van der Waals surface area contributed by atoms with E-state index in [0.29, 0.717) is 18.0 Å². The third-order valence-corrected chi connectivity index (χ3v) is 8.76. The standard InChI is InChI=1S/C24H37N3O4S/c1-17(2)22(25-23(28)20-8-6-5-7-9-20)24(29)26-12-14-27(15-13-26)32(30,31)21-16-18(3)10-11-19(21)4/h10-11,16-17,20,22H,5-9,12-15H2,1-4H3,(H,25,28). The molecular formula is C24H37N3O4S. The van der Waals surface area contributed by atoms with Crippen LogP contribution in [0.2, 0.25) is 0 Å². The first-order chi connectivity index (χ1) is 15.1.